The summed E-state index contributed by atoms with van der Waals surface area (Å²) in [4.78, 5) is 14.4. The highest BCUT2D eigenvalue weighted by molar-refractivity contribution is 5.67. The third-order valence-electron chi connectivity index (χ3n) is 11.9. The largest absolute Gasteiger partial charge is 0.446 e. The van der Waals surface area contributed by atoms with Crippen molar-refractivity contribution in [3.8, 4) is 0 Å². The van der Waals surface area contributed by atoms with Gasteiger partial charge in [0.15, 0.2) is 0 Å². The summed E-state index contributed by atoms with van der Waals surface area (Å²) in [5, 5.41) is 2.95. The molecule has 4 rings (SSSR count). The summed E-state index contributed by atoms with van der Waals surface area (Å²) in [7, 11) is 4.05. The monoisotopic (exact) mass is 502 g/mol. The molecule has 4 nitrogen and oxygen atoms in total. The average molecular weight is 503 g/mol. The van der Waals surface area contributed by atoms with Gasteiger partial charge in [-0.05, 0) is 124 Å². The Balaban J connectivity index is 1.34. The standard InChI is InChI=1S/C32H58N2O2/c1-22(2)9-8-10-23(3)27-13-14-28-26-12-11-24-21-25(36-30(35)33-19-20-34(6)7)15-17-31(24,4)29(26)16-18-32(27,28)5/h22-29H,8-21H2,1-7H3,(H,33,35)/t23-,24?,25+,26+,27-,28+,29+,31+,32-/m1/s1. The minimum absolute atomic E-state index is 0.107. The predicted octanol–water partition coefficient (Wildman–Crippen LogP) is 7.76. The molecule has 4 aliphatic rings. The topological polar surface area (TPSA) is 41.6 Å². The molecule has 36 heavy (non-hydrogen) atoms. The number of rotatable bonds is 9. The maximum absolute atomic E-state index is 12.4. The van der Waals surface area contributed by atoms with Gasteiger partial charge in [0.1, 0.15) is 6.10 Å². The quantitative estimate of drug-likeness (QED) is 0.350. The molecule has 0 aliphatic heterocycles. The molecule has 208 valence electrons. The number of hydrogen-bond acceptors (Lipinski definition) is 3. The van der Waals surface area contributed by atoms with E-state index in [9.17, 15) is 4.79 Å². The molecule has 0 aromatic rings. The van der Waals surface area contributed by atoms with Gasteiger partial charge in [-0.15, -0.1) is 0 Å². The average Bonchev–Trinajstić information content (AvgIpc) is 3.16. The lowest BCUT2D eigenvalue weighted by atomic mass is 9.44. The summed E-state index contributed by atoms with van der Waals surface area (Å²) in [5.74, 6) is 6.17. The second-order valence-electron chi connectivity index (χ2n) is 14.7. The number of nitrogens with zero attached hydrogens (tertiary/aromatic N) is 1. The fourth-order valence-corrected chi connectivity index (χ4v) is 9.92. The maximum Gasteiger partial charge on any atom is 0.407 e. The fourth-order valence-electron chi connectivity index (χ4n) is 9.92. The van der Waals surface area contributed by atoms with E-state index in [1.165, 1.54) is 64.2 Å². The van der Waals surface area contributed by atoms with E-state index in [1.807, 2.05) is 14.1 Å². The molecule has 4 heteroatoms. The first-order valence-electron chi connectivity index (χ1n) is 15.6. The highest BCUT2D eigenvalue weighted by Crippen LogP contribution is 2.68. The highest BCUT2D eigenvalue weighted by Gasteiger charge is 2.60. The molecule has 4 aliphatic carbocycles. The second kappa shape index (κ2) is 11.5. The van der Waals surface area contributed by atoms with E-state index in [4.69, 9.17) is 4.74 Å². The number of likely N-dealkylation sites (N-methyl/N-ethyl adjacent to an activating group) is 1. The van der Waals surface area contributed by atoms with Crippen LogP contribution in [0.25, 0.3) is 0 Å². The van der Waals surface area contributed by atoms with Crippen LogP contribution in [0.1, 0.15) is 112 Å². The fraction of sp³-hybridized carbons (Fsp3) is 0.969. The Bertz CT molecular complexity index is 738. The summed E-state index contributed by atoms with van der Waals surface area (Å²) in [6.45, 7) is 14.2. The third-order valence-corrected chi connectivity index (χ3v) is 11.9. The van der Waals surface area contributed by atoms with E-state index < -0.39 is 0 Å². The van der Waals surface area contributed by atoms with Crippen LogP contribution in [0.15, 0.2) is 0 Å². The van der Waals surface area contributed by atoms with Gasteiger partial charge in [-0.1, -0.05) is 53.9 Å². The lowest BCUT2D eigenvalue weighted by Crippen LogP contribution is -2.54. The van der Waals surface area contributed by atoms with E-state index in [2.05, 4.69) is 44.8 Å². The molecule has 0 bridgehead atoms. The van der Waals surface area contributed by atoms with Crippen LogP contribution in [0.2, 0.25) is 0 Å². The predicted molar refractivity (Wildman–Crippen MR) is 150 cm³/mol. The Morgan fingerprint density at radius 1 is 0.944 bits per heavy atom. The number of carbonyl (C=O) groups excluding carboxylic acids is 1. The van der Waals surface area contributed by atoms with Gasteiger partial charge < -0.3 is 15.0 Å². The molecule has 1 N–H and O–H groups in total. The first-order valence-corrected chi connectivity index (χ1v) is 15.6. The Labute approximate surface area is 223 Å². The molecular formula is C32H58N2O2. The number of carbonyl (C=O) groups is 1. The zero-order chi connectivity index (χ0) is 26.1. The van der Waals surface area contributed by atoms with Crippen LogP contribution in [-0.4, -0.2) is 44.3 Å². The molecule has 0 aromatic heterocycles. The van der Waals surface area contributed by atoms with Crippen LogP contribution in [0.5, 0.6) is 0 Å². The molecule has 9 atom stereocenters. The molecular weight excluding hydrogens is 444 g/mol. The molecule has 0 radical (unpaired) electrons. The van der Waals surface area contributed by atoms with Gasteiger partial charge in [-0.3, -0.25) is 0 Å². The van der Waals surface area contributed by atoms with Crippen LogP contribution in [-0.2, 0) is 4.74 Å². The summed E-state index contributed by atoms with van der Waals surface area (Å²) in [5.41, 5.74) is 1.03. The van der Waals surface area contributed by atoms with Crippen molar-refractivity contribution in [1.82, 2.24) is 10.2 Å². The van der Waals surface area contributed by atoms with Crippen molar-refractivity contribution in [1.29, 1.82) is 0 Å². The van der Waals surface area contributed by atoms with Crippen LogP contribution in [0, 0.1) is 52.3 Å². The van der Waals surface area contributed by atoms with Crippen molar-refractivity contribution in [3.63, 3.8) is 0 Å². The molecule has 0 heterocycles. The van der Waals surface area contributed by atoms with Crippen molar-refractivity contribution in [2.24, 2.45) is 52.3 Å². The van der Waals surface area contributed by atoms with E-state index in [0.29, 0.717) is 17.4 Å². The Hall–Kier alpha value is -0.770. The number of amides is 1. The maximum atomic E-state index is 12.4. The van der Waals surface area contributed by atoms with Crippen molar-refractivity contribution in [2.75, 3.05) is 27.2 Å². The lowest BCUT2D eigenvalue weighted by molar-refractivity contribution is -0.129. The van der Waals surface area contributed by atoms with Crippen LogP contribution < -0.4 is 5.32 Å². The normalized spacial score (nSPS) is 40.9. The second-order valence-corrected chi connectivity index (χ2v) is 14.7. The first kappa shape index (κ1) is 28.2. The van der Waals surface area contributed by atoms with Gasteiger partial charge in [0, 0.05) is 13.1 Å². The van der Waals surface area contributed by atoms with Crippen LogP contribution in [0.4, 0.5) is 4.79 Å². The summed E-state index contributed by atoms with van der Waals surface area (Å²) in [6.07, 6.45) is 16.1. The van der Waals surface area contributed by atoms with Crippen molar-refractivity contribution in [3.05, 3.63) is 0 Å². The van der Waals surface area contributed by atoms with Gasteiger partial charge >= 0.3 is 6.09 Å². The van der Waals surface area contributed by atoms with Gasteiger partial charge in [-0.2, -0.15) is 0 Å². The Morgan fingerprint density at radius 2 is 1.67 bits per heavy atom. The Kier molecular flexibility index (Phi) is 9.05. The molecule has 4 fully saturated rings. The number of alkyl carbamates (subject to hydrolysis) is 1. The SMILES string of the molecule is CC(C)CCC[C@@H](C)[C@H]1CC[C@H]2[C@@H]3CCC4C[C@@H](OC(=O)NCCN(C)C)CC[C@]4(C)[C@H]3CC[C@]12C. The third kappa shape index (κ3) is 5.79. The molecule has 4 saturated carbocycles. The highest BCUT2D eigenvalue weighted by atomic mass is 16.6. The molecule has 1 unspecified atom stereocenters. The van der Waals surface area contributed by atoms with Gasteiger partial charge in [-0.25, -0.2) is 4.79 Å². The number of ether oxygens (including phenoxy) is 1. The van der Waals surface area contributed by atoms with Gasteiger partial charge in [0.2, 0.25) is 0 Å². The van der Waals surface area contributed by atoms with E-state index in [0.717, 1.165) is 60.8 Å². The van der Waals surface area contributed by atoms with E-state index in [1.54, 1.807) is 0 Å². The number of nitrogens with one attached hydrogen (secondary N) is 1. The summed E-state index contributed by atoms with van der Waals surface area (Å²) in [6, 6.07) is 0. The van der Waals surface area contributed by atoms with E-state index in [-0.39, 0.29) is 12.2 Å². The molecule has 0 spiro atoms. The van der Waals surface area contributed by atoms with Crippen molar-refractivity contribution in [2.45, 2.75) is 118 Å². The molecule has 1 amide bonds. The van der Waals surface area contributed by atoms with Crippen molar-refractivity contribution < 1.29 is 9.53 Å². The molecule has 0 aromatic carbocycles. The minimum Gasteiger partial charge on any atom is -0.446 e. The lowest BCUT2D eigenvalue weighted by Gasteiger charge is -2.61. The van der Waals surface area contributed by atoms with Crippen molar-refractivity contribution >= 4 is 6.09 Å². The van der Waals surface area contributed by atoms with Crippen LogP contribution in [0.3, 0.4) is 0 Å². The first-order chi connectivity index (χ1) is 17.0. The van der Waals surface area contributed by atoms with Gasteiger partial charge in [0.25, 0.3) is 0 Å². The van der Waals surface area contributed by atoms with Gasteiger partial charge in [0.05, 0.1) is 0 Å². The van der Waals surface area contributed by atoms with E-state index >= 15 is 0 Å². The minimum atomic E-state index is -0.216. The molecule has 0 saturated heterocycles. The zero-order valence-electron chi connectivity index (χ0n) is 24.8. The number of hydrogen-bond donors (Lipinski definition) is 1. The summed E-state index contributed by atoms with van der Waals surface area (Å²) < 4.78 is 5.91. The zero-order valence-corrected chi connectivity index (χ0v) is 24.8. The summed E-state index contributed by atoms with van der Waals surface area (Å²) >= 11 is 0. The Morgan fingerprint density at radius 3 is 2.39 bits per heavy atom. The van der Waals surface area contributed by atoms with Crippen LogP contribution >= 0.6 is 0 Å². The number of fused-ring (bicyclic) bond motifs is 5. The smallest absolute Gasteiger partial charge is 0.407 e.